The molecular weight excluding hydrogens is 379 g/mol. The summed E-state index contributed by atoms with van der Waals surface area (Å²) in [6.07, 6.45) is 0. The van der Waals surface area contributed by atoms with Crippen molar-refractivity contribution in [3.05, 3.63) is 78.9 Å². The molecule has 0 fully saturated rings. The summed E-state index contributed by atoms with van der Waals surface area (Å²) in [7, 11) is 0.0748. The van der Waals surface area contributed by atoms with Crippen LogP contribution in [0.1, 0.15) is 0 Å². The van der Waals surface area contributed by atoms with E-state index in [2.05, 4.69) is 66.7 Å². The topological polar surface area (TPSA) is 20.2 Å². The van der Waals surface area contributed by atoms with E-state index in [9.17, 15) is 5.02 Å². The Balaban J connectivity index is 1.74. The second-order valence-electron chi connectivity index (χ2n) is 7.02. The van der Waals surface area contributed by atoms with E-state index in [0.29, 0.717) is 0 Å². The third-order valence-electron chi connectivity index (χ3n) is 5.47. The van der Waals surface area contributed by atoms with Gasteiger partial charge in [-0.15, -0.1) is 22.7 Å². The SMILES string of the molecule is OBc1cccc2c1sc1c(-c3cccc4c3sc3ccccc34)cccc12. The Bertz CT molecular complexity index is 1510. The van der Waals surface area contributed by atoms with Crippen LogP contribution < -0.4 is 5.46 Å². The first-order chi connectivity index (χ1) is 13.8. The van der Waals surface area contributed by atoms with Crippen molar-refractivity contribution < 1.29 is 5.02 Å². The molecule has 4 heteroatoms. The van der Waals surface area contributed by atoms with Gasteiger partial charge in [0.15, 0.2) is 0 Å². The average molecular weight is 394 g/mol. The highest BCUT2D eigenvalue weighted by molar-refractivity contribution is 7.28. The van der Waals surface area contributed by atoms with Gasteiger partial charge in [0, 0.05) is 46.1 Å². The van der Waals surface area contributed by atoms with Crippen LogP contribution in [0, 0.1) is 0 Å². The predicted octanol–water partition coefficient (Wildman–Crippen LogP) is 6.06. The molecule has 6 aromatic rings. The summed E-state index contributed by atoms with van der Waals surface area (Å²) < 4.78 is 5.16. The molecule has 0 amide bonds. The summed E-state index contributed by atoms with van der Waals surface area (Å²) in [5.41, 5.74) is 3.57. The van der Waals surface area contributed by atoms with Gasteiger partial charge in [0.05, 0.1) is 0 Å². The lowest BCUT2D eigenvalue weighted by Crippen LogP contribution is -2.12. The van der Waals surface area contributed by atoms with E-state index in [-0.39, 0.29) is 7.48 Å². The van der Waals surface area contributed by atoms with Gasteiger partial charge in [-0.3, -0.25) is 0 Å². The highest BCUT2D eigenvalue weighted by atomic mass is 32.1. The van der Waals surface area contributed by atoms with Gasteiger partial charge >= 0.3 is 7.48 Å². The zero-order chi connectivity index (χ0) is 18.7. The first-order valence-corrected chi connectivity index (χ1v) is 10.9. The van der Waals surface area contributed by atoms with Gasteiger partial charge in [-0.2, -0.15) is 0 Å². The van der Waals surface area contributed by atoms with E-state index in [4.69, 9.17) is 0 Å². The van der Waals surface area contributed by atoms with Gasteiger partial charge in [-0.05, 0) is 16.9 Å². The minimum Gasteiger partial charge on any atom is -0.449 e. The molecule has 0 aliphatic heterocycles. The van der Waals surface area contributed by atoms with Crippen molar-refractivity contribution in [3.8, 4) is 11.1 Å². The fourth-order valence-electron chi connectivity index (χ4n) is 4.17. The van der Waals surface area contributed by atoms with E-state index >= 15 is 0 Å². The monoisotopic (exact) mass is 394 g/mol. The van der Waals surface area contributed by atoms with Gasteiger partial charge in [-0.1, -0.05) is 72.8 Å². The quantitative estimate of drug-likeness (QED) is 0.354. The molecule has 0 aliphatic carbocycles. The summed E-state index contributed by atoms with van der Waals surface area (Å²) >= 11 is 3.67. The normalized spacial score (nSPS) is 11.8. The van der Waals surface area contributed by atoms with E-state index in [1.165, 1.54) is 51.5 Å². The molecule has 6 rings (SSSR count). The van der Waals surface area contributed by atoms with Crippen molar-refractivity contribution in [2.75, 3.05) is 0 Å². The lowest BCUT2D eigenvalue weighted by Gasteiger charge is -2.05. The summed E-state index contributed by atoms with van der Waals surface area (Å²) in [5, 5.41) is 14.9. The molecule has 4 aromatic carbocycles. The van der Waals surface area contributed by atoms with Gasteiger partial charge < -0.3 is 5.02 Å². The maximum Gasteiger partial charge on any atom is 0.306 e. The second kappa shape index (κ2) is 6.18. The predicted molar refractivity (Wildman–Crippen MR) is 127 cm³/mol. The Morgan fingerprint density at radius 3 is 1.86 bits per heavy atom. The first kappa shape index (κ1) is 16.3. The Morgan fingerprint density at radius 1 is 0.536 bits per heavy atom. The Hall–Kier alpha value is -2.66. The molecule has 0 unspecified atom stereocenters. The zero-order valence-corrected chi connectivity index (χ0v) is 16.6. The first-order valence-electron chi connectivity index (χ1n) is 9.30. The van der Waals surface area contributed by atoms with Crippen LogP contribution in [0.25, 0.3) is 51.5 Å². The largest absolute Gasteiger partial charge is 0.449 e. The van der Waals surface area contributed by atoms with Crippen molar-refractivity contribution >= 4 is 76.0 Å². The molecule has 0 bridgehead atoms. The molecule has 0 radical (unpaired) electrons. The lowest BCUT2D eigenvalue weighted by molar-refractivity contribution is 0.616. The van der Waals surface area contributed by atoms with Gasteiger partial charge in [0.25, 0.3) is 0 Å². The van der Waals surface area contributed by atoms with Crippen LogP contribution >= 0.6 is 22.7 Å². The van der Waals surface area contributed by atoms with E-state index < -0.39 is 0 Å². The summed E-state index contributed by atoms with van der Waals surface area (Å²) in [6, 6.07) is 28.1. The molecule has 28 heavy (non-hydrogen) atoms. The fourth-order valence-corrected chi connectivity index (χ4v) is 6.74. The molecule has 132 valence electrons. The third-order valence-corrected chi connectivity index (χ3v) is 8.02. The molecule has 2 aromatic heterocycles. The maximum atomic E-state index is 9.78. The third kappa shape index (κ3) is 2.23. The van der Waals surface area contributed by atoms with Gasteiger partial charge in [-0.25, -0.2) is 0 Å². The number of fused-ring (bicyclic) bond motifs is 6. The number of benzene rings is 4. The average Bonchev–Trinajstić information content (AvgIpc) is 3.32. The lowest BCUT2D eigenvalue weighted by atomic mass is 9.87. The number of hydrogen-bond acceptors (Lipinski definition) is 3. The standard InChI is InChI=1S/C24H15BOS2/c26-25-20-12-5-11-19-18-10-4-9-17(23(18)28-24(19)20)16-8-3-7-15-14-6-1-2-13-21(14)27-22(15)16/h1-13,25-26H. The Kier molecular flexibility index (Phi) is 3.60. The number of rotatable bonds is 2. The molecule has 0 atom stereocenters. The Morgan fingerprint density at radius 2 is 1.11 bits per heavy atom. The summed E-state index contributed by atoms with van der Waals surface area (Å²) in [4.78, 5) is 0. The van der Waals surface area contributed by atoms with Crippen LogP contribution in [0.15, 0.2) is 78.9 Å². The van der Waals surface area contributed by atoms with E-state index in [1.54, 1.807) is 11.3 Å². The van der Waals surface area contributed by atoms with Crippen molar-refractivity contribution in [1.82, 2.24) is 0 Å². The molecule has 0 saturated heterocycles. The molecular formula is C24H15BOS2. The zero-order valence-electron chi connectivity index (χ0n) is 15.0. The van der Waals surface area contributed by atoms with Crippen LogP contribution in [0.3, 0.4) is 0 Å². The van der Waals surface area contributed by atoms with E-state index in [0.717, 1.165) is 5.46 Å². The molecule has 1 nitrogen and oxygen atoms in total. The second-order valence-corrected chi connectivity index (χ2v) is 9.09. The van der Waals surface area contributed by atoms with Crippen LogP contribution in [0.2, 0.25) is 0 Å². The number of hydrogen-bond donors (Lipinski definition) is 1. The maximum absolute atomic E-state index is 9.78. The fraction of sp³-hybridized carbons (Fsp3) is 0. The number of thiophene rings is 2. The van der Waals surface area contributed by atoms with Crippen LogP contribution in [-0.2, 0) is 0 Å². The smallest absolute Gasteiger partial charge is 0.306 e. The van der Waals surface area contributed by atoms with Crippen molar-refractivity contribution in [2.24, 2.45) is 0 Å². The van der Waals surface area contributed by atoms with Crippen LogP contribution in [0.5, 0.6) is 0 Å². The molecule has 0 aliphatic rings. The van der Waals surface area contributed by atoms with E-state index in [1.807, 2.05) is 23.5 Å². The minimum absolute atomic E-state index is 0.0748. The minimum atomic E-state index is 0.0748. The molecule has 1 N–H and O–H groups in total. The molecule has 2 heterocycles. The van der Waals surface area contributed by atoms with Crippen molar-refractivity contribution in [2.45, 2.75) is 0 Å². The Labute approximate surface area is 170 Å². The van der Waals surface area contributed by atoms with Gasteiger partial charge in [0.1, 0.15) is 0 Å². The van der Waals surface area contributed by atoms with Crippen molar-refractivity contribution in [1.29, 1.82) is 0 Å². The summed E-state index contributed by atoms with van der Waals surface area (Å²) in [6.45, 7) is 0. The summed E-state index contributed by atoms with van der Waals surface area (Å²) in [5.74, 6) is 0. The highest BCUT2D eigenvalue weighted by Crippen LogP contribution is 2.44. The molecule has 0 spiro atoms. The van der Waals surface area contributed by atoms with Crippen LogP contribution in [0.4, 0.5) is 0 Å². The molecule has 0 saturated carbocycles. The van der Waals surface area contributed by atoms with Crippen molar-refractivity contribution in [3.63, 3.8) is 0 Å². The van der Waals surface area contributed by atoms with Gasteiger partial charge in [0.2, 0.25) is 0 Å². The highest BCUT2D eigenvalue weighted by Gasteiger charge is 2.15. The van der Waals surface area contributed by atoms with Crippen LogP contribution in [-0.4, -0.2) is 12.5 Å².